The fourth-order valence-electron chi connectivity index (χ4n) is 6.22. The molecule has 3 fully saturated rings. The molecule has 1 aromatic heterocycles. The molecule has 14 heteroatoms. The predicted octanol–water partition coefficient (Wildman–Crippen LogP) is 3.75. The molecule has 226 valence electrons. The van der Waals surface area contributed by atoms with Gasteiger partial charge in [0.2, 0.25) is 0 Å². The minimum Gasteiger partial charge on any atom is -0.353 e. The van der Waals surface area contributed by atoms with Gasteiger partial charge in [0.25, 0.3) is 0 Å². The average Bonchev–Trinajstić information content (AvgIpc) is 3.23. The van der Waals surface area contributed by atoms with E-state index in [0.29, 0.717) is 41.0 Å². The number of anilines is 2. The third-order valence-corrected chi connectivity index (χ3v) is 9.67. The smallest absolute Gasteiger partial charge is 0.353 e. The minimum absolute atomic E-state index is 0.191. The van der Waals surface area contributed by atoms with Crippen molar-refractivity contribution in [1.82, 2.24) is 19.7 Å². The summed E-state index contributed by atoms with van der Waals surface area (Å²) in [5.74, 6) is -0.376. The van der Waals surface area contributed by atoms with Crippen molar-refractivity contribution in [2.75, 3.05) is 56.0 Å². The van der Waals surface area contributed by atoms with E-state index < -0.39 is 21.8 Å². The van der Waals surface area contributed by atoms with E-state index in [1.165, 1.54) is 12.1 Å². The lowest BCUT2D eigenvalue weighted by atomic mass is 9.98. The maximum absolute atomic E-state index is 13.6. The Kier molecular flexibility index (Phi) is 8.36. The summed E-state index contributed by atoms with van der Waals surface area (Å²) in [7, 11) is -3.89. The number of rotatable bonds is 6. The van der Waals surface area contributed by atoms with Crippen molar-refractivity contribution in [3.05, 3.63) is 52.7 Å². The highest BCUT2D eigenvalue weighted by Crippen LogP contribution is 2.31. The molecule has 1 atom stereocenters. The Morgan fingerprint density at radius 2 is 1.79 bits per heavy atom. The molecule has 5 heterocycles. The van der Waals surface area contributed by atoms with Gasteiger partial charge in [-0.15, -0.1) is 8.80 Å². The molecule has 4 aliphatic rings. The second-order valence-corrected chi connectivity index (χ2v) is 13.0. The van der Waals surface area contributed by atoms with Gasteiger partial charge in [-0.1, -0.05) is 24.6 Å². The summed E-state index contributed by atoms with van der Waals surface area (Å²) in [6.07, 6.45) is 5.69. The Balaban J connectivity index is 1.05. The topological polar surface area (TPSA) is 96.7 Å². The van der Waals surface area contributed by atoms with E-state index in [4.69, 9.17) is 11.6 Å². The number of nitrogens with one attached hydrogen (secondary N) is 1. The van der Waals surface area contributed by atoms with Crippen LogP contribution in [0.2, 0.25) is 5.02 Å². The lowest BCUT2D eigenvalue weighted by Crippen LogP contribution is -2.58. The van der Waals surface area contributed by atoms with E-state index in [2.05, 4.69) is 40.7 Å². The second-order valence-electron chi connectivity index (χ2n) is 11.3. The number of piperidine rings is 1. The molecule has 4 aliphatic heterocycles. The van der Waals surface area contributed by atoms with Crippen LogP contribution in [0.3, 0.4) is 0 Å². The van der Waals surface area contributed by atoms with Crippen molar-refractivity contribution in [1.29, 1.82) is 0 Å². The molecule has 0 amide bonds. The van der Waals surface area contributed by atoms with Gasteiger partial charge in [-0.2, -0.15) is 8.42 Å². The quantitative estimate of drug-likeness (QED) is 0.522. The fraction of sp³-hybridized carbons (Fsp3) is 0.536. The average molecular weight is 621 g/mol. The zero-order valence-electron chi connectivity index (χ0n) is 23.5. The molecular formula is C28H35ClF2N8O2S. The third kappa shape index (κ3) is 6.24. The number of likely N-dealkylation sites (tertiary alicyclic amines) is 2. The van der Waals surface area contributed by atoms with Gasteiger partial charge in [0.15, 0.2) is 23.3 Å². The van der Waals surface area contributed by atoms with Crippen LogP contribution >= 0.6 is 11.6 Å². The highest BCUT2D eigenvalue weighted by molar-refractivity contribution is 7.89. The number of halogens is 3. The van der Waals surface area contributed by atoms with Crippen molar-refractivity contribution in [3.63, 3.8) is 0 Å². The van der Waals surface area contributed by atoms with Gasteiger partial charge >= 0.3 is 10.2 Å². The Morgan fingerprint density at radius 1 is 1.00 bits per heavy atom. The lowest BCUT2D eigenvalue weighted by Gasteiger charge is -2.47. The summed E-state index contributed by atoms with van der Waals surface area (Å²) in [6.45, 7) is 8.65. The fourth-order valence-corrected chi connectivity index (χ4v) is 7.33. The van der Waals surface area contributed by atoms with Crippen molar-refractivity contribution < 1.29 is 17.2 Å². The highest BCUT2D eigenvalue weighted by Gasteiger charge is 2.35. The molecule has 3 saturated heterocycles. The Morgan fingerprint density at radius 3 is 2.45 bits per heavy atom. The first-order chi connectivity index (χ1) is 20.2. The molecule has 10 nitrogen and oxygen atoms in total. The van der Waals surface area contributed by atoms with Gasteiger partial charge in [0.05, 0.1) is 16.9 Å². The number of pyridine rings is 1. The molecular weight excluding hydrogens is 586 g/mol. The first kappa shape index (κ1) is 29.2. The van der Waals surface area contributed by atoms with Crippen LogP contribution < -0.4 is 10.2 Å². The summed E-state index contributed by atoms with van der Waals surface area (Å²) in [5, 5.41) is 3.53. The molecule has 0 saturated carbocycles. The van der Waals surface area contributed by atoms with Gasteiger partial charge in [0, 0.05) is 51.4 Å². The predicted molar refractivity (Wildman–Crippen MR) is 161 cm³/mol. The van der Waals surface area contributed by atoms with Crippen LogP contribution in [0.15, 0.2) is 39.3 Å². The van der Waals surface area contributed by atoms with Gasteiger partial charge in [-0.25, -0.2) is 13.8 Å². The molecule has 1 aromatic carbocycles. The number of nitrogens with zero attached hydrogens (tertiary/aromatic N) is 7. The second kappa shape index (κ2) is 12.0. The largest absolute Gasteiger partial charge is 0.367 e. The van der Waals surface area contributed by atoms with E-state index in [0.717, 1.165) is 77.1 Å². The van der Waals surface area contributed by atoms with Gasteiger partial charge < -0.3 is 15.1 Å². The zero-order chi connectivity index (χ0) is 29.4. The Bertz CT molecular complexity index is 1490. The standard InChI is InChI=1S/C28H35ClF2N8O2S/c1-2-21-18-38(12-13-39(21)22-6-10-36(11-7-22)17-19-4-5-24(30)25(31)14-19)27-23(29)15-20(16-32-27)33-26-28(37-8-3-9-37)35-42(40,41)34-26/h4-5,14-16,21-22H,2-3,6-13,17-18H2,1H3,(H,33,34)/t21-/m0/s1. The number of piperazine rings is 1. The molecule has 0 spiro atoms. The van der Waals surface area contributed by atoms with E-state index in [1.807, 2.05) is 4.90 Å². The van der Waals surface area contributed by atoms with Gasteiger partial charge in [-0.05, 0) is 62.5 Å². The molecule has 0 unspecified atom stereocenters. The van der Waals surface area contributed by atoms with Crippen LogP contribution in [0.5, 0.6) is 0 Å². The monoisotopic (exact) mass is 620 g/mol. The highest BCUT2D eigenvalue weighted by atomic mass is 35.5. The minimum atomic E-state index is -3.89. The van der Waals surface area contributed by atoms with Crippen LogP contribution in [0.25, 0.3) is 0 Å². The number of aromatic nitrogens is 1. The zero-order valence-corrected chi connectivity index (χ0v) is 25.1. The molecule has 42 heavy (non-hydrogen) atoms. The summed E-state index contributed by atoms with van der Waals surface area (Å²) in [4.78, 5) is 13.7. The van der Waals surface area contributed by atoms with Crippen molar-refractivity contribution in [2.45, 2.75) is 51.2 Å². The SMILES string of the molecule is CC[C@H]1CN(c2ncc(NC3=NS(=O)(=O)N=C3N3CCC3)cc2Cl)CCN1C1CCN(Cc2ccc(F)c(F)c2)CC1. The number of amidine groups is 2. The van der Waals surface area contributed by atoms with Crippen LogP contribution in [-0.4, -0.2) is 97.7 Å². The summed E-state index contributed by atoms with van der Waals surface area (Å²) in [5.41, 5.74) is 1.35. The van der Waals surface area contributed by atoms with Gasteiger partial charge in [-0.3, -0.25) is 9.80 Å². The molecule has 1 N–H and O–H groups in total. The van der Waals surface area contributed by atoms with E-state index in [-0.39, 0.29) is 5.84 Å². The normalized spacial score (nSPS) is 23.5. The first-order valence-corrected chi connectivity index (χ1v) is 16.3. The number of benzene rings is 1. The lowest BCUT2D eigenvalue weighted by molar-refractivity contribution is 0.0610. The van der Waals surface area contributed by atoms with E-state index >= 15 is 0 Å². The first-order valence-electron chi connectivity index (χ1n) is 14.5. The van der Waals surface area contributed by atoms with Crippen LogP contribution in [0, 0.1) is 11.6 Å². The maximum Gasteiger partial charge on any atom is 0.367 e. The molecule has 0 radical (unpaired) electrons. The van der Waals surface area contributed by atoms with E-state index in [9.17, 15) is 17.2 Å². The Hall–Kier alpha value is -2.87. The number of hydrogen-bond donors (Lipinski definition) is 1. The van der Waals surface area contributed by atoms with Crippen LogP contribution in [0.1, 0.15) is 38.2 Å². The summed E-state index contributed by atoms with van der Waals surface area (Å²) >= 11 is 6.71. The van der Waals surface area contributed by atoms with Crippen molar-refractivity contribution in [3.8, 4) is 0 Å². The number of hydrogen-bond acceptors (Lipinski definition) is 8. The summed E-state index contributed by atoms with van der Waals surface area (Å²) in [6, 6.07) is 6.72. The van der Waals surface area contributed by atoms with E-state index in [1.54, 1.807) is 18.3 Å². The molecule has 0 aliphatic carbocycles. The van der Waals surface area contributed by atoms with Gasteiger partial charge in [0.1, 0.15) is 5.82 Å². The molecule has 0 bridgehead atoms. The maximum atomic E-state index is 13.6. The van der Waals surface area contributed by atoms with Crippen molar-refractivity contribution >= 4 is 45.0 Å². The van der Waals surface area contributed by atoms with Crippen LogP contribution in [0.4, 0.5) is 20.3 Å². The summed E-state index contributed by atoms with van der Waals surface area (Å²) < 4.78 is 58.5. The van der Waals surface area contributed by atoms with Crippen LogP contribution in [-0.2, 0) is 16.8 Å². The Labute approximate surface area is 250 Å². The van der Waals surface area contributed by atoms with Crippen molar-refractivity contribution in [2.24, 2.45) is 8.80 Å². The third-order valence-electron chi connectivity index (χ3n) is 8.58. The molecule has 6 rings (SSSR count). The molecule has 2 aromatic rings.